The average Bonchev–Trinajstić information content (AvgIpc) is 2.65. The van der Waals surface area contributed by atoms with Gasteiger partial charge >= 0.3 is 6.03 Å². The number of amides is 3. The van der Waals surface area contributed by atoms with Gasteiger partial charge in [-0.1, -0.05) is 30.1 Å². The maximum Gasteiger partial charge on any atom is 0.325 e. The third-order valence-electron chi connectivity index (χ3n) is 3.58. The largest absolute Gasteiger partial charge is 0.325 e. The Morgan fingerprint density at radius 2 is 2.00 bits per heavy atom. The molecule has 112 valence electrons. The van der Waals surface area contributed by atoms with Gasteiger partial charge in [0.25, 0.3) is 5.91 Å². The molecule has 1 N–H and O–H groups in total. The Balaban J connectivity index is 2.22. The van der Waals surface area contributed by atoms with E-state index >= 15 is 0 Å². The standard InChI is InChI=1S/C14H14Cl2N2O3/c1-3-14(2)12(20)18(13(21)17-14)7-11(19)9-6-8(15)4-5-10(9)16/h4-6H,3,7H2,1-2H3,(H,17,21). The van der Waals surface area contributed by atoms with Crippen molar-refractivity contribution in [2.24, 2.45) is 0 Å². The molecule has 3 amide bonds. The molecule has 0 radical (unpaired) electrons. The highest BCUT2D eigenvalue weighted by Gasteiger charge is 2.47. The minimum atomic E-state index is -0.963. The molecule has 0 aliphatic carbocycles. The number of halogens is 2. The van der Waals surface area contributed by atoms with Crippen molar-refractivity contribution in [3.63, 3.8) is 0 Å². The summed E-state index contributed by atoms with van der Waals surface area (Å²) in [5, 5.41) is 3.18. The number of imide groups is 1. The zero-order valence-electron chi connectivity index (χ0n) is 11.6. The molecule has 1 saturated heterocycles. The van der Waals surface area contributed by atoms with Gasteiger partial charge in [-0.2, -0.15) is 0 Å². The van der Waals surface area contributed by atoms with Crippen molar-refractivity contribution in [3.8, 4) is 0 Å². The predicted molar refractivity (Wildman–Crippen MR) is 79.7 cm³/mol. The summed E-state index contributed by atoms with van der Waals surface area (Å²) in [6.07, 6.45) is 0.445. The molecule has 0 spiro atoms. The summed E-state index contributed by atoms with van der Waals surface area (Å²) >= 11 is 11.8. The number of Topliss-reactive ketones (excluding diaryl/α,β-unsaturated/α-hetero) is 1. The van der Waals surface area contributed by atoms with Crippen LogP contribution in [0.3, 0.4) is 0 Å². The van der Waals surface area contributed by atoms with Crippen molar-refractivity contribution in [1.29, 1.82) is 0 Å². The number of urea groups is 1. The lowest BCUT2D eigenvalue weighted by atomic mass is 9.99. The van der Waals surface area contributed by atoms with Gasteiger partial charge < -0.3 is 5.32 Å². The summed E-state index contributed by atoms with van der Waals surface area (Å²) < 4.78 is 0. The van der Waals surface area contributed by atoms with Crippen LogP contribution in [-0.4, -0.2) is 34.7 Å². The minimum Gasteiger partial charge on any atom is -0.323 e. The van der Waals surface area contributed by atoms with Gasteiger partial charge in [0.05, 0.1) is 11.6 Å². The third-order valence-corrected chi connectivity index (χ3v) is 4.15. The van der Waals surface area contributed by atoms with Crippen LogP contribution in [0.2, 0.25) is 10.0 Å². The lowest BCUT2D eigenvalue weighted by Crippen LogP contribution is -2.43. The maximum absolute atomic E-state index is 12.2. The van der Waals surface area contributed by atoms with E-state index in [1.165, 1.54) is 12.1 Å². The molecular weight excluding hydrogens is 315 g/mol. The van der Waals surface area contributed by atoms with Crippen LogP contribution >= 0.6 is 23.2 Å². The Labute approximate surface area is 132 Å². The molecule has 1 aliphatic heterocycles. The van der Waals surface area contributed by atoms with Gasteiger partial charge in [0.15, 0.2) is 5.78 Å². The molecule has 1 atom stereocenters. The summed E-state index contributed by atoms with van der Waals surface area (Å²) in [5.41, 5.74) is -0.773. The first-order valence-corrected chi connectivity index (χ1v) is 7.16. The predicted octanol–water partition coefficient (Wildman–Crippen LogP) is 2.90. The Hall–Kier alpha value is -1.59. The highest BCUT2D eigenvalue weighted by molar-refractivity contribution is 6.36. The number of nitrogens with zero attached hydrogens (tertiary/aromatic N) is 1. The molecule has 0 saturated carbocycles. The fraction of sp³-hybridized carbons (Fsp3) is 0.357. The van der Waals surface area contributed by atoms with Gasteiger partial charge in [-0.3, -0.25) is 14.5 Å². The van der Waals surface area contributed by atoms with E-state index in [1.54, 1.807) is 19.9 Å². The lowest BCUT2D eigenvalue weighted by Gasteiger charge is -2.19. The molecule has 7 heteroatoms. The fourth-order valence-corrected chi connectivity index (χ4v) is 2.47. The first-order chi connectivity index (χ1) is 9.78. The molecule has 1 aromatic carbocycles. The molecule has 0 aromatic heterocycles. The van der Waals surface area contributed by atoms with E-state index in [0.717, 1.165) is 4.90 Å². The van der Waals surface area contributed by atoms with Crippen molar-refractivity contribution < 1.29 is 14.4 Å². The van der Waals surface area contributed by atoms with Gasteiger partial charge in [0.1, 0.15) is 5.54 Å². The van der Waals surface area contributed by atoms with E-state index in [4.69, 9.17) is 23.2 Å². The first-order valence-electron chi connectivity index (χ1n) is 6.41. The van der Waals surface area contributed by atoms with E-state index in [1.807, 2.05) is 0 Å². The summed E-state index contributed by atoms with van der Waals surface area (Å²) in [4.78, 5) is 37.2. The Kier molecular flexibility index (Phi) is 4.25. The quantitative estimate of drug-likeness (QED) is 0.682. The van der Waals surface area contributed by atoms with Gasteiger partial charge in [0, 0.05) is 10.6 Å². The highest BCUT2D eigenvalue weighted by atomic mass is 35.5. The topological polar surface area (TPSA) is 66.5 Å². The Morgan fingerprint density at radius 3 is 2.57 bits per heavy atom. The SMILES string of the molecule is CCC1(C)NC(=O)N(CC(=O)c2cc(Cl)ccc2Cl)C1=O. The summed E-state index contributed by atoms with van der Waals surface area (Å²) in [7, 11) is 0. The van der Waals surface area contributed by atoms with Gasteiger partial charge in [-0.15, -0.1) is 0 Å². The van der Waals surface area contributed by atoms with E-state index in [9.17, 15) is 14.4 Å². The molecule has 5 nitrogen and oxygen atoms in total. The Morgan fingerprint density at radius 1 is 1.33 bits per heavy atom. The number of hydrogen-bond donors (Lipinski definition) is 1. The average molecular weight is 329 g/mol. The smallest absolute Gasteiger partial charge is 0.323 e. The van der Waals surface area contributed by atoms with Gasteiger partial charge in [-0.05, 0) is 31.5 Å². The monoisotopic (exact) mass is 328 g/mol. The molecule has 21 heavy (non-hydrogen) atoms. The Bertz CT molecular complexity index is 633. The number of benzene rings is 1. The van der Waals surface area contributed by atoms with Crippen LogP contribution in [0, 0.1) is 0 Å². The second-order valence-electron chi connectivity index (χ2n) is 5.05. The summed E-state index contributed by atoms with van der Waals surface area (Å²) in [6, 6.07) is 3.90. The molecule has 1 heterocycles. The number of hydrogen-bond acceptors (Lipinski definition) is 3. The third kappa shape index (κ3) is 2.89. The van der Waals surface area contributed by atoms with Crippen LogP contribution in [-0.2, 0) is 4.79 Å². The van der Waals surface area contributed by atoms with Gasteiger partial charge in [-0.25, -0.2) is 4.79 Å². The maximum atomic E-state index is 12.2. The van der Waals surface area contributed by atoms with Crippen LogP contribution in [0.5, 0.6) is 0 Å². The molecule has 0 bridgehead atoms. The number of nitrogens with one attached hydrogen (secondary N) is 1. The molecule has 1 aromatic rings. The zero-order valence-corrected chi connectivity index (χ0v) is 13.1. The van der Waals surface area contributed by atoms with Crippen molar-refractivity contribution >= 4 is 40.9 Å². The van der Waals surface area contributed by atoms with Crippen molar-refractivity contribution in [1.82, 2.24) is 10.2 Å². The summed E-state index contributed by atoms with van der Waals surface area (Å²) in [5.74, 6) is -0.854. The fourth-order valence-electron chi connectivity index (χ4n) is 2.07. The van der Waals surface area contributed by atoms with Crippen LogP contribution in [0.4, 0.5) is 4.79 Å². The lowest BCUT2D eigenvalue weighted by molar-refractivity contribution is -0.130. The van der Waals surface area contributed by atoms with E-state index in [-0.39, 0.29) is 17.1 Å². The van der Waals surface area contributed by atoms with Gasteiger partial charge in [0.2, 0.25) is 0 Å². The number of rotatable bonds is 4. The van der Waals surface area contributed by atoms with Crippen molar-refractivity contribution in [2.75, 3.05) is 6.54 Å². The number of carbonyl (C=O) groups is 3. The summed E-state index contributed by atoms with van der Waals surface area (Å²) in [6.45, 7) is 3.06. The van der Waals surface area contributed by atoms with Crippen LogP contribution in [0.25, 0.3) is 0 Å². The van der Waals surface area contributed by atoms with E-state index in [0.29, 0.717) is 11.4 Å². The van der Waals surface area contributed by atoms with E-state index < -0.39 is 23.3 Å². The molecular formula is C14H14Cl2N2O3. The zero-order chi connectivity index (χ0) is 15.8. The molecule has 1 unspecified atom stereocenters. The number of ketones is 1. The minimum absolute atomic E-state index is 0.190. The van der Waals surface area contributed by atoms with Crippen LogP contribution < -0.4 is 5.32 Å². The number of carbonyl (C=O) groups excluding carboxylic acids is 3. The van der Waals surface area contributed by atoms with Crippen LogP contribution in [0.15, 0.2) is 18.2 Å². The molecule has 1 aliphatic rings. The van der Waals surface area contributed by atoms with Crippen molar-refractivity contribution in [3.05, 3.63) is 33.8 Å². The van der Waals surface area contributed by atoms with Crippen molar-refractivity contribution in [2.45, 2.75) is 25.8 Å². The second-order valence-corrected chi connectivity index (χ2v) is 5.90. The second kappa shape index (κ2) is 5.66. The highest BCUT2D eigenvalue weighted by Crippen LogP contribution is 2.24. The normalized spacial score (nSPS) is 21.6. The van der Waals surface area contributed by atoms with Crippen LogP contribution in [0.1, 0.15) is 30.6 Å². The first kappa shape index (κ1) is 15.8. The molecule has 1 fully saturated rings. The van der Waals surface area contributed by atoms with E-state index in [2.05, 4.69) is 5.32 Å². The molecule has 2 rings (SSSR count).